The second kappa shape index (κ2) is 6.43. The normalized spacial score (nSPS) is 23.8. The molecule has 1 aliphatic carbocycles. The van der Waals surface area contributed by atoms with E-state index in [1.165, 1.54) is 6.07 Å². The molecule has 0 saturated heterocycles. The minimum atomic E-state index is -3.60. The molecule has 0 amide bonds. The van der Waals surface area contributed by atoms with E-state index in [2.05, 4.69) is 4.72 Å². The molecule has 4 nitrogen and oxygen atoms in total. The summed E-state index contributed by atoms with van der Waals surface area (Å²) in [7, 11) is -3.60. The molecule has 2 atom stereocenters. The average Bonchev–Trinajstić information content (AvgIpc) is 2.41. The minimum absolute atomic E-state index is 0.00184. The first-order valence-electron chi connectivity index (χ1n) is 6.83. The zero-order valence-electron chi connectivity index (χ0n) is 11.5. The Hall–Kier alpha value is -0.620. The molecule has 2 N–H and O–H groups in total. The molecular formula is C14H20ClNO3S. The number of rotatable bonds is 4. The van der Waals surface area contributed by atoms with E-state index >= 15 is 0 Å². The fourth-order valence-electron chi connectivity index (χ4n) is 2.71. The molecular weight excluding hydrogens is 298 g/mol. The minimum Gasteiger partial charge on any atom is -0.396 e. The molecule has 1 aliphatic rings. The number of hydrogen-bond acceptors (Lipinski definition) is 3. The largest absolute Gasteiger partial charge is 0.396 e. The Bertz CT molecular complexity index is 574. The van der Waals surface area contributed by atoms with Gasteiger partial charge in [-0.25, -0.2) is 13.1 Å². The molecule has 1 saturated carbocycles. The summed E-state index contributed by atoms with van der Waals surface area (Å²) >= 11 is 5.89. The number of hydrogen-bond donors (Lipinski definition) is 2. The van der Waals surface area contributed by atoms with Gasteiger partial charge in [0.2, 0.25) is 10.0 Å². The maximum atomic E-state index is 12.5. The van der Waals surface area contributed by atoms with Gasteiger partial charge in [0, 0.05) is 17.7 Å². The average molecular weight is 318 g/mol. The van der Waals surface area contributed by atoms with Crippen LogP contribution < -0.4 is 4.72 Å². The molecule has 1 aromatic carbocycles. The Morgan fingerprint density at radius 3 is 2.75 bits per heavy atom. The third kappa shape index (κ3) is 3.52. The molecule has 112 valence electrons. The zero-order valence-corrected chi connectivity index (χ0v) is 13.0. The fraction of sp³-hybridized carbons (Fsp3) is 0.571. The Morgan fingerprint density at radius 1 is 1.35 bits per heavy atom. The van der Waals surface area contributed by atoms with E-state index in [0.29, 0.717) is 10.6 Å². The first-order chi connectivity index (χ1) is 9.44. The predicted octanol–water partition coefficient (Wildman–Crippen LogP) is 2.48. The summed E-state index contributed by atoms with van der Waals surface area (Å²) in [6.07, 6.45) is 3.65. The summed E-state index contributed by atoms with van der Waals surface area (Å²) in [6.45, 7) is 1.76. The van der Waals surface area contributed by atoms with Gasteiger partial charge in [0.25, 0.3) is 0 Å². The third-order valence-corrected chi connectivity index (χ3v) is 5.76. The topological polar surface area (TPSA) is 66.4 Å². The van der Waals surface area contributed by atoms with Crippen LogP contribution in [0.3, 0.4) is 0 Å². The molecule has 1 fully saturated rings. The van der Waals surface area contributed by atoms with Crippen LogP contribution in [0.2, 0.25) is 5.02 Å². The molecule has 0 aliphatic heterocycles. The number of aliphatic hydroxyl groups excluding tert-OH is 1. The van der Waals surface area contributed by atoms with E-state index in [-0.39, 0.29) is 23.5 Å². The van der Waals surface area contributed by atoms with E-state index in [1.807, 2.05) is 0 Å². The molecule has 0 aromatic heterocycles. The molecule has 20 heavy (non-hydrogen) atoms. The van der Waals surface area contributed by atoms with Crippen LogP contribution in [0.1, 0.15) is 31.2 Å². The first kappa shape index (κ1) is 15.8. The van der Waals surface area contributed by atoms with E-state index in [1.54, 1.807) is 19.1 Å². The molecule has 0 radical (unpaired) electrons. The highest BCUT2D eigenvalue weighted by Gasteiger charge is 2.29. The van der Waals surface area contributed by atoms with Crippen molar-refractivity contribution in [1.29, 1.82) is 0 Å². The van der Waals surface area contributed by atoms with Gasteiger partial charge in [-0.05, 0) is 43.4 Å². The van der Waals surface area contributed by atoms with Crippen molar-refractivity contribution < 1.29 is 13.5 Å². The summed E-state index contributed by atoms with van der Waals surface area (Å²) in [5.74, 6) is -0.00184. The Kier molecular flexibility index (Phi) is 5.07. The summed E-state index contributed by atoms with van der Waals surface area (Å²) in [4.78, 5) is 0.215. The van der Waals surface area contributed by atoms with Crippen molar-refractivity contribution in [3.63, 3.8) is 0 Å². The fourth-order valence-corrected chi connectivity index (χ4v) is 4.55. The van der Waals surface area contributed by atoms with Crippen LogP contribution in [0.5, 0.6) is 0 Å². The lowest BCUT2D eigenvalue weighted by atomic mass is 9.86. The second-order valence-electron chi connectivity index (χ2n) is 5.36. The molecule has 6 heteroatoms. The first-order valence-corrected chi connectivity index (χ1v) is 8.69. The summed E-state index contributed by atoms with van der Waals surface area (Å²) in [6, 6.07) is 4.64. The highest BCUT2D eigenvalue weighted by atomic mass is 35.5. The molecule has 0 spiro atoms. The van der Waals surface area contributed by atoms with Crippen molar-refractivity contribution in [2.24, 2.45) is 5.92 Å². The number of benzene rings is 1. The summed E-state index contributed by atoms with van der Waals surface area (Å²) in [5.41, 5.74) is 0.665. The van der Waals surface area contributed by atoms with Crippen molar-refractivity contribution in [1.82, 2.24) is 4.72 Å². The van der Waals surface area contributed by atoms with Crippen molar-refractivity contribution in [3.05, 3.63) is 28.8 Å². The van der Waals surface area contributed by atoms with Crippen LogP contribution >= 0.6 is 11.6 Å². The highest BCUT2D eigenvalue weighted by molar-refractivity contribution is 7.89. The number of halogens is 1. The second-order valence-corrected chi connectivity index (χ2v) is 7.48. The standard InChI is InChI=1S/C14H20ClNO3S/c1-10-6-7-12(15)8-14(10)20(18,19)16-13-5-3-2-4-11(13)9-17/h6-8,11,13,16-17H,2-5,9H2,1H3. The van der Waals surface area contributed by atoms with Gasteiger partial charge in [-0.2, -0.15) is 0 Å². The molecule has 2 unspecified atom stereocenters. The van der Waals surface area contributed by atoms with Gasteiger partial charge in [0.05, 0.1) is 4.90 Å². The van der Waals surface area contributed by atoms with Gasteiger partial charge in [-0.15, -0.1) is 0 Å². The van der Waals surface area contributed by atoms with E-state index in [4.69, 9.17) is 11.6 Å². The van der Waals surface area contributed by atoms with E-state index in [0.717, 1.165) is 25.7 Å². The van der Waals surface area contributed by atoms with Gasteiger partial charge in [0.15, 0.2) is 0 Å². The quantitative estimate of drug-likeness (QED) is 0.896. The zero-order chi connectivity index (χ0) is 14.8. The van der Waals surface area contributed by atoms with Crippen molar-refractivity contribution >= 4 is 21.6 Å². The highest BCUT2D eigenvalue weighted by Crippen LogP contribution is 2.27. The van der Waals surface area contributed by atoms with Crippen LogP contribution in [0.15, 0.2) is 23.1 Å². The van der Waals surface area contributed by atoms with Crippen LogP contribution in [0, 0.1) is 12.8 Å². The number of nitrogens with one attached hydrogen (secondary N) is 1. The maximum absolute atomic E-state index is 12.5. The van der Waals surface area contributed by atoms with Crippen LogP contribution in [0.25, 0.3) is 0 Å². The molecule has 0 bridgehead atoms. The van der Waals surface area contributed by atoms with Crippen LogP contribution in [-0.2, 0) is 10.0 Å². The smallest absolute Gasteiger partial charge is 0.241 e. The van der Waals surface area contributed by atoms with Gasteiger partial charge in [-0.3, -0.25) is 0 Å². The lowest BCUT2D eigenvalue weighted by Gasteiger charge is -2.30. The van der Waals surface area contributed by atoms with Gasteiger partial charge < -0.3 is 5.11 Å². The van der Waals surface area contributed by atoms with Gasteiger partial charge in [-0.1, -0.05) is 30.5 Å². The Labute approximate surface area is 125 Å². The van der Waals surface area contributed by atoms with Crippen molar-refractivity contribution in [2.75, 3.05) is 6.61 Å². The summed E-state index contributed by atoms with van der Waals surface area (Å²) < 4.78 is 27.7. The SMILES string of the molecule is Cc1ccc(Cl)cc1S(=O)(=O)NC1CCCCC1CO. The van der Waals surface area contributed by atoms with Crippen LogP contribution in [-0.4, -0.2) is 26.2 Å². The third-order valence-electron chi connectivity index (χ3n) is 3.89. The Morgan fingerprint density at radius 2 is 2.05 bits per heavy atom. The lowest BCUT2D eigenvalue weighted by Crippen LogP contribution is -2.43. The van der Waals surface area contributed by atoms with Crippen molar-refractivity contribution in [2.45, 2.75) is 43.5 Å². The van der Waals surface area contributed by atoms with Crippen molar-refractivity contribution in [3.8, 4) is 0 Å². The molecule has 0 heterocycles. The number of aryl methyl sites for hydroxylation is 1. The van der Waals surface area contributed by atoms with Gasteiger partial charge >= 0.3 is 0 Å². The number of aliphatic hydroxyl groups is 1. The number of sulfonamides is 1. The molecule has 2 rings (SSSR count). The summed E-state index contributed by atoms with van der Waals surface area (Å²) in [5, 5.41) is 9.77. The monoisotopic (exact) mass is 317 g/mol. The van der Waals surface area contributed by atoms with Gasteiger partial charge in [0.1, 0.15) is 0 Å². The lowest BCUT2D eigenvalue weighted by molar-refractivity contribution is 0.164. The van der Waals surface area contributed by atoms with E-state index in [9.17, 15) is 13.5 Å². The maximum Gasteiger partial charge on any atom is 0.241 e. The van der Waals surface area contributed by atoms with Crippen LogP contribution in [0.4, 0.5) is 0 Å². The molecule has 1 aromatic rings. The Balaban J connectivity index is 2.24. The predicted molar refractivity (Wildman–Crippen MR) is 79.3 cm³/mol. The van der Waals surface area contributed by atoms with E-state index < -0.39 is 10.0 Å².